The van der Waals surface area contributed by atoms with Gasteiger partial charge in [0.1, 0.15) is 0 Å². The molecule has 9 rings (SSSR count). The van der Waals surface area contributed by atoms with E-state index in [-0.39, 0.29) is 0 Å². The molecule has 3 nitrogen and oxygen atoms in total. The molecular weight excluding hydrogens is 543 g/mol. The molecule has 0 bridgehead atoms. The van der Waals surface area contributed by atoms with Gasteiger partial charge in [-0.05, 0) is 58.5 Å². The first-order chi connectivity index (χ1) is 21.2. The number of fused-ring (bicyclic) bond motifs is 11. The standard InChI is InChI=1S/C39H29N3S/c1-38(41-40,25-13-3-2-4-14-25)31-20-12-21-32-37(31)43-35-24-10-7-18-29(35)39(32)28-17-6-9-23-34(28)42-33-22-8-5-15-26(33)27-16-11-19-30(39)36(27)42/h2-24,41H,40H2,1H3. The molecule has 0 saturated heterocycles. The lowest BCUT2D eigenvalue weighted by atomic mass is 9.62. The molecule has 4 heteroatoms. The van der Waals surface area contributed by atoms with Crippen LogP contribution in [0.1, 0.15) is 40.3 Å². The normalized spacial score (nSPS) is 17.8. The van der Waals surface area contributed by atoms with Gasteiger partial charge in [-0.3, -0.25) is 5.84 Å². The second-order valence-corrected chi connectivity index (χ2v) is 12.8. The maximum Gasteiger partial charge on any atom is 0.0801 e. The summed E-state index contributed by atoms with van der Waals surface area (Å²) in [5.74, 6) is 6.45. The zero-order valence-corrected chi connectivity index (χ0v) is 24.5. The first-order valence-corrected chi connectivity index (χ1v) is 15.6. The van der Waals surface area contributed by atoms with E-state index in [1.54, 1.807) is 0 Å². The van der Waals surface area contributed by atoms with Crippen molar-refractivity contribution >= 4 is 33.6 Å². The average Bonchev–Trinajstić information content (AvgIpc) is 3.42. The summed E-state index contributed by atoms with van der Waals surface area (Å²) < 4.78 is 2.49. The molecule has 1 spiro atoms. The predicted molar refractivity (Wildman–Crippen MR) is 177 cm³/mol. The molecular formula is C39H29N3S. The van der Waals surface area contributed by atoms with Crippen LogP contribution in [-0.4, -0.2) is 4.57 Å². The maximum atomic E-state index is 6.45. The highest BCUT2D eigenvalue weighted by atomic mass is 32.2. The molecule has 0 fully saturated rings. The Bertz CT molecular complexity index is 2230. The van der Waals surface area contributed by atoms with Crippen molar-refractivity contribution in [3.05, 3.63) is 173 Å². The molecule has 0 aliphatic carbocycles. The third-order valence-corrected chi connectivity index (χ3v) is 11.0. The van der Waals surface area contributed by atoms with Crippen LogP contribution in [-0.2, 0) is 11.0 Å². The van der Waals surface area contributed by atoms with E-state index in [4.69, 9.17) is 5.84 Å². The number of nitrogens with one attached hydrogen (secondary N) is 1. The Labute approximate surface area is 255 Å². The zero-order chi connectivity index (χ0) is 28.8. The van der Waals surface area contributed by atoms with Gasteiger partial charge in [0.15, 0.2) is 0 Å². The molecule has 2 aliphatic heterocycles. The Hall–Kier alpha value is -4.61. The van der Waals surface area contributed by atoms with Crippen LogP contribution in [0.5, 0.6) is 0 Å². The van der Waals surface area contributed by atoms with Crippen LogP contribution in [0.4, 0.5) is 0 Å². The lowest BCUT2D eigenvalue weighted by molar-refractivity contribution is 0.442. The van der Waals surface area contributed by atoms with Gasteiger partial charge in [-0.1, -0.05) is 133 Å². The number of para-hydroxylation sites is 3. The van der Waals surface area contributed by atoms with Crippen LogP contribution in [0.25, 0.3) is 27.5 Å². The third-order valence-electron chi connectivity index (χ3n) is 9.75. The highest BCUT2D eigenvalue weighted by Gasteiger charge is 2.50. The van der Waals surface area contributed by atoms with Gasteiger partial charge in [0.05, 0.1) is 27.7 Å². The van der Waals surface area contributed by atoms with Crippen LogP contribution in [0, 0.1) is 0 Å². The van der Waals surface area contributed by atoms with E-state index < -0.39 is 11.0 Å². The summed E-state index contributed by atoms with van der Waals surface area (Å²) in [6.45, 7) is 2.19. The van der Waals surface area contributed by atoms with Crippen LogP contribution in [0.2, 0.25) is 0 Å². The molecule has 0 radical (unpaired) electrons. The minimum Gasteiger partial charge on any atom is -0.309 e. The number of nitrogens with two attached hydrogens (primary N) is 1. The highest BCUT2D eigenvalue weighted by molar-refractivity contribution is 7.99. The lowest BCUT2D eigenvalue weighted by Crippen LogP contribution is -2.46. The van der Waals surface area contributed by atoms with E-state index in [0.29, 0.717) is 0 Å². The summed E-state index contributed by atoms with van der Waals surface area (Å²) in [5, 5.41) is 2.57. The minimum absolute atomic E-state index is 0.514. The largest absolute Gasteiger partial charge is 0.309 e. The van der Waals surface area contributed by atoms with E-state index in [2.05, 4.69) is 156 Å². The van der Waals surface area contributed by atoms with Crippen LogP contribution < -0.4 is 11.3 Å². The van der Waals surface area contributed by atoms with Crippen molar-refractivity contribution in [1.29, 1.82) is 0 Å². The second-order valence-electron chi connectivity index (χ2n) is 11.7. The minimum atomic E-state index is -0.595. The van der Waals surface area contributed by atoms with E-state index in [9.17, 15) is 0 Å². The van der Waals surface area contributed by atoms with Gasteiger partial charge >= 0.3 is 0 Å². The summed E-state index contributed by atoms with van der Waals surface area (Å²) in [7, 11) is 0. The van der Waals surface area contributed by atoms with Crippen molar-refractivity contribution in [2.24, 2.45) is 5.84 Å². The summed E-state index contributed by atoms with van der Waals surface area (Å²) >= 11 is 1.86. The number of rotatable bonds is 3. The Morgan fingerprint density at radius 1 is 0.628 bits per heavy atom. The molecule has 1 aromatic heterocycles. The monoisotopic (exact) mass is 571 g/mol. The molecule has 6 aromatic carbocycles. The first kappa shape index (κ1) is 24.9. The van der Waals surface area contributed by atoms with E-state index in [1.807, 2.05) is 11.8 Å². The number of hydrogen-bond donors (Lipinski definition) is 2. The molecule has 0 saturated carbocycles. The van der Waals surface area contributed by atoms with Crippen LogP contribution in [0.15, 0.2) is 149 Å². The van der Waals surface area contributed by atoms with Crippen molar-refractivity contribution in [3.63, 3.8) is 0 Å². The Balaban J connectivity index is 1.48. The van der Waals surface area contributed by atoms with Gasteiger partial charge in [0.2, 0.25) is 0 Å². The summed E-state index contributed by atoms with van der Waals surface area (Å²) in [5.41, 5.74) is 13.4. The Morgan fingerprint density at radius 2 is 1.28 bits per heavy atom. The number of aromatic nitrogens is 1. The molecule has 0 amide bonds. The predicted octanol–water partition coefficient (Wildman–Crippen LogP) is 8.67. The van der Waals surface area contributed by atoms with Crippen molar-refractivity contribution < 1.29 is 0 Å². The third kappa shape index (κ3) is 3.08. The van der Waals surface area contributed by atoms with E-state index >= 15 is 0 Å². The molecule has 7 aromatic rings. The van der Waals surface area contributed by atoms with Gasteiger partial charge < -0.3 is 4.57 Å². The molecule has 2 aliphatic rings. The fourth-order valence-electron chi connectivity index (χ4n) is 7.83. The van der Waals surface area contributed by atoms with Crippen molar-refractivity contribution in [2.45, 2.75) is 27.7 Å². The van der Waals surface area contributed by atoms with Gasteiger partial charge in [0, 0.05) is 20.6 Å². The molecule has 2 unspecified atom stereocenters. The van der Waals surface area contributed by atoms with E-state index in [0.717, 1.165) is 5.56 Å². The number of hydrazine groups is 1. The molecule has 206 valence electrons. The van der Waals surface area contributed by atoms with Crippen molar-refractivity contribution in [3.8, 4) is 5.69 Å². The number of hydrogen-bond acceptors (Lipinski definition) is 3. The van der Waals surface area contributed by atoms with E-state index in [1.165, 1.54) is 65.1 Å². The highest BCUT2D eigenvalue weighted by Crippen LogP contribution is 2.61. The van der Waals surface area contributed by atoms with Gasteiger partial charge in [0.25, 0.3) is 0 Å². The molecule has 2 atom stereocenters. The summed E-state index contributed by atoms with van der Waals surface area (Å²) in [4.78, 5) is 2.52. The summed E-state index contributed by atoms with van der Waals surface area (Å²) in [6.07, 6.45) is 0. The quantitative estimate of drug-likeness (QED) is 0.165. The van der Waals surface area contributed by atoms with Gasteiger partial charge in [-0.15, -0.1) is 0 Å². The molecule has 3 N–H and O–H groups in total. The average molecular weight is 572 g/mol. The summed E-state index contributed by atoms with van der Waals surface area (Å²) in [6, 6.07) is 51.0. The fourth-order valence-corrected chi connectivity index (χ4v) is 9.24. The van der Waals surface area contributed by atoms with Crippen molar-refractivity contribution in [2.75, 3.05) is 0 Å². The SMILES string of the molecule is CC(NN)(c1ccccc1)c1cccc2c1Sc1ccccc1C21c2ccccc2-n2c3ccccc3c3cccc1c32. The lowest BCUT2D eigenvalue weighted by Gasteiger charge is -2.46. The van der Waals surface area contributed by atoms with Crippen molar-refractivity contribution in [1.82, 2.24) is 9.99 Å². The van der Waals surface area contributed by atoms with Gasteiger partial charge in [-0.2, -0.15) is 0 Å². The Kier molecular flexibility index (Phi) is 5.19. The molecule has 43 heavy (non-hydrogen) atoms. The Morgan fingerprint density at radius 3 is 2.14 bits per heavy atom. The zero-order valence-electron chi connectivity index (χ0n) is 23.7. The molecule has 3 heterocycles. The van der Waals surface area contributed by atoms with Crippen LogP contribution in [0.3, 0.4) is 0 Å². The fraction of sp³-hybridized carbons (Fsp3) is 0.0769. The number of benzene rings is 6. The smallest absolute Gasteiger partial charge is 0.0801 e. The number of nitrogens with zero attached hydrogens (tertiary/aromatic N) is 1. The van der Waals surface area contributed by atoms with Crippen LogP contribution >= 0.6 is 11.8 Å². The second kappa shape index (κ2) is 8.95. The maximum absolute atomic E-state index is 6.45. The first-order valence-electron chi connectivity index (χ1n) is 14.7. The topological polar surface area (TPSA) is 43.0 Å². The van der Waals surface area contributed by atoms with Gasteiger partial charge in [-0.25, -0.2) is 5.43 Å².